The Hall–Kier alpha value is -1.42. The predicted molar refractivity (Wildman–Crippen MR) is 54.5 cm³/mol. The Bertz CT molecular complexity index is 323. The number of amides is 1. The van der Waals surface area contributed by atoms with Crippen molar-refractivity contribution >= 4 is 5.91 Å². The Balaban J connectivity index is 2.54. The number of nitrogens with zero attached hydrogens (tertiary/aromatic N) is 1. The van der Waals surface area contributed by atoms with Gasteiger partial charge < -0.3 is 11.1 Å². The monoisotopic (exact) mass is 193 g/mol. The highest BCUT2D eigenvalue weighted by Gasteiger charge is 2.06. The molecule has 0 bridgehead atoms. The zero-order valence-electron chi connectivity index (χ0n) is 8.45. The van der Waals surface area contributed by atoms with E-state index in [1.807, 2.05) is 13.0 Å². The van der Waals surface area contributed by atoms with Crippen molar-refractivity contribution in [2.75, 3.05) is 0 Å². The van der Waals surface area contributed by atoms with Gasteiger partial charge in [-0.05, 0) is 31.0 Å². The van der Waals surface area contributed by atoms with Crippen LogP contribution in [0.3, 0.4) is 0 Å². The molecule has 0 aliphatic rings. The molecular formula is C10H15N3O. The molecule has 1 aromatic heterocycles. The summed E-state index contributed by atoms with van der Waals surface area (Å²) in [6.45, 7) is 4.13. The van der Waals surface area contributed by atoms with Crippen molar-refractivity contribution in [3.8, 4) is 0 Å². The number of carbonyl (C=O) groups excluding carboxylic acids is 1. The Morgan fingerprint density at radius 1 is 1.71 bits per heavy atom. The van der Waals surface area contributed by atoms with Crippen LogP contribution in [0.15, 0.2) is 18.5 Å². The van der Waals surface area contributed by atoms with Gasteiger partial charge in [0.15, 0.2) is 0 Å². The van der Waals surface area contributed by atoms with Gasteiger partial charge in [0.05, 0.1) is 6.04 Å². The predicted octanol–water partition coefficient (Wildman–Crippen LogP) is 0.353. The second kappa shape index (κ2) is 4.72. The maximum atomic E-state index is 11.2. The van der Waals surface area contributed by atoms with Crippen LogP contribution in [0.1, 0.15) is 18.1 Å². The van der Waals surface area contributed by atoms with Crippen LogP contribution in [0.2, 0.25) is 0 Å². The number of nitrogens with two attached hydrogens (primary N) is 1. The van der Waals surface area contributed by atoms with E-state index in [4.69, 9.17) is 5.73 Å². The summed E-state index contributed by atoms with van der Waals surface area (Å²) in [5, 5.41) is 2.75. The normalized spacial score (nSPS) is 12.2. The first-order valence-electron chi connectivity index (χ1n) is 4.54. The quantitative estimate of drug-likeness (QED) is 0.728. The van der Waals surface area contributed by atoms with Crippen molar-refractivity contribution in [2.24, 2.45) is 5.73 Å². The topological polar surface area (TPSA) is 68.0 Å². The second-order valence-electron chi connectivity index (χ2n) is 3.31. The van der Waals surface area contributed by atoms with Gasteiger partial charge in [-0.15, -0.1) is 0 Å². The van der Waals surface area contributed by atoms with Gasteiger partial charge in [0.2, 0.25) is 5.91 Å². The maximum Gasteiger partial charge on any atom is 0.236 e. The molecule has 14 heavy (non-hydrogen) atoms. The summed E-state index contributed by atoms with van der Waals surface area (Å²) in [6.07, 6.45) is 3.48. The fourth-order valence-corrected chi connectivity index (χ4v) is 1.04. The summed E-state index contributed by atoms with van der Waals surface area (Å²) < 4.78 is 0. The standard InChI is InChI=1S/C10H15N3O/c1-7-5-12-4-3-9(7)6-13-10(14)8(2)11/h3-5,8H,6,11H2,1-2H3,(H,13,14)/t8-/m1/s1. The van der Waals surface area contributed by atoms with Crippen LogP contribution in [0.4, 0.5) is 0 Å². The Morgan fingerprint density at radius 3 is 3.00 bits per heavy atom. The second-order valence-corrected chi connectivity index (χ2v) is 3.31. The highest BCUT2D eigenvalue weighted by atomic mass is 16.2. The highest BCUT2D eigenvalue weighted by molar-refractivity contribution is 5.80. The van der Waals surface area contributed by atoms with Crippen LogP contribution in [-0.2, 0) is 11.3 Å². The number of aryl methyl sites for hydroxylation is 1. The van der Waals surface area contributed by atoms with E-state index in [9.17, 15) is 4.79 Å². The minimum absolute atomic E-state index is 0.138. The van der Waals surface area contributed by atoms with Crippen LogP contribution in [0, 0.1) is 6.92 Å². The van der Waals surface area contributed by atoms with Gasteiger partial charge in [-0.25, -0.2) is 0 Å². The van der Waals surface area contributed by atoms with E-state index in [2.05, 4.69) is 10.3 Å². The molecule has 0 saturated heterocycles. The van der Waals surface area contributed by atoms with Crippen LogP contribution in [0.5, 0.6) is 0 Å². The van der Waals surface area contributed by atoms with Crippen molar-refractivity contribution in [2.45, 2.75) is 26.4 Å². The van der Waals surface area contributed by atoms with E-state index < -0.39 is 6.04 Å². The van der Waals surface area contributed by atoms with E-state index in [1.165, 1.54) is 0 Å². The lowest BCUT2D eigenvalue weighted by atomic mass is 10.1. The SMILES string of the molecule is Cc1cnccc1CNC(=O)[C@@H](C)N. The van der Waals surface area contributed by atoms with Gasteiger partial charge in [0, 0.05) is 18.9 Å². The minimum Gasteiger partial charge on any atom is -0.351 e. The molecular weight excluding hydrogens is 178 g/mol. The third kappa shape index (κ3) is 2.81. The molecule has 0 saturated carbocycles. The molecule has 0 radical (unpaired) electrons. The van der Waals surface area contributed by atoms with Crippen molar-refractivity contribution in [1.29, 1.82) is 0 Å². The fraction of sp³-hybridized carbons (Fsp3) is 0.400. The van der Waals surface area contributed by atoms with Gasteiger partial charge in [0.1, 0.15) is 0 Å². The van der Waals surface area contributed by atoms with Gasteiger partial charge in [0.25, 0.3) is 0 Å². The molecule has 4 nitrogen and oxygen atoms in total. The highest BCUT2D eigenvalue weighted by Crippen LogP contribution is 2.03. The molecule has 1 heterocycles. The van der Waals surface area contributed by atoms with Gasteiger partial charge in [-0.3, -0.25) is 9.78 Å². The number of hydrogen-bond acceptors (Lipinski definition) is 3. The summed E-state index contributed by atoms with van der Waals surface area (Å²) in [6, 6.07) is 1.42. The smallest absolute Gasteiger partial charge is 0.236 e. The molecule has 0 spiro atoms. The molecule has 3 N–H and O–H groups in total. The molecule has 4 heteroatoms. The lowest BCUT2D eigenvalue weighted by Crippen LogP contribution is -2.37. The van der Waals surface area contributed by atoms with Crippen LogP contribution < -0.4 is 11.1 Å². The number of aromatic nitrogens is 1. The van der Waals surface area contributed by atoms with Crippen molar-refractivity contribution < 1.29 is 4.79 Å². The number of rotatable bonds is 3. The van der Waals surface area contributed by atoms with E-state index in [1.54, 1.807) is 19.3 Å². The first kappa shape index (κ1) is 10.7. The molecule has 1 amide bonds. The summed E-state index contributed by atoms with van der Waals surface area (Å²) >= 11 is 0. The summed E-state index contributed by atoms with van der Waals surface area (Å²) in [5.41, 5.74) is 7.54. The van der Waals surface area contributed by atoms with Crippen molar-refractivity contribution in [1.82, 2.24) is 10.3 Å². The molecule has 0 aliphatic carbocycles. The minimum atomic E-state index is -0.461. The van der Waals surface area contributed by atoms with Gasteiger partial charge >= 0.3 is 0 Å². The van der Waals surface area contributed by atoms with Crippen LogP contribution in [-0.4, -0.2) is 16.9 Å². The first-order chi connectivity index (χ1) is 6.61. The Morgan fingerprint density at radius 2 is 2.43 bits per heavy atom. The Kier molecular flexibility index (Phi) is 3.59. The lowest BCUT2D eigenvalue weighted by Gasteiger charge is -2.08. The molecule has 0 fully saturated rings. The van der Waals surface area contributed by atoms with Gasteiger partial charge in [-0.1, -0.05) is 0 Å². The number of carbonyl (C=O) groups is 1. The first-order valence-corrected chi connectivity index (χ1v) is 4.54. The van der Waals surface area contributed by atoms with Crippen LogP contribution in [0.25, 0.3) is 0 Å². The third-order valence-corrected chi connectivity index (χ3v) is 2.00. The zero-order valence-corrected chi connectivity index (χ0v) is 8.45. The number of pyridine rings is 1. The average Bonchev–Trinajstić information content (AvgIpc) is 2.16. The fourth-order valence-electron chi connectivity index (χ4n) is 1.04. The van der Waals surface area contributed by atoms with E-state index in [0.29, 0.717) is 6.54 Å². The molecule has 0 aromatic carbocycles. The van der Waals surface area contributed by atoms with E-state index >= 15 is 0 Å². The van der Waals surface area contributed by atoms with E-state index in [0.717, 1.165) is 11.1 Å². The average molecular weight is 193 g/mol. The molecule has 0 unspecified atom stereocenters. The zero-order chi connectivity index (χ0) is 10.6. The van der Waals surface area contributed by atoms with Crippen molar-refractivity contribution in [3.05, 3.63) is 29.6 Å². The maximum absolute atomic E-state index is 11.2. The van der Waals surface area contributed by atoms with E-state index in [-0.39, 0.29) is 5.91 Å². The van der Waals surface area contributed by atoms with Gasteiger partial charge in [-0.2, -0.15) is 0 Å². The Labute approximate surface area is 83.5 Å². The molecule has 76 valence electrons. The lowest BCUT2D eigenvalue weighted by molar-refractivity contribution is -0.122. The molecule has 1 aromatic rings. The summed E-state index contributed by atoms with van der Waals surface area (Å²) in [5.74, 6) is -0.138. The van der Waals surface area contributed by atoms with Crippen molar-refractivity contribution in [3.63, 3.8) is 0 Å². The summed E-state index contributed by atoms with van der Waals surface area (Å²) in [4.78, 5) is 15.1. The summed E-state index contributed by atoms with van der Waals surface area (Å²) in [7, 11) is 0. The number of hydrogen-bond donors (Lipinski definition) is 2. The molecule has 0 aliphatic heterocycles. The third-order valence-electron chi connectivity index (χ3n) is 2.00. The number of nitrogens with one attached hydrogen (secondary N) is 1. The van der Waals surface area contributed by atoms with Crippen LogP contribution >= 0.6 is 0 Å². The largest absolute Gasteiger partial charge is 0.351 e. The molecule has 1 rings (SSSR count). The molecule has 1 atom stereocenters.